The third kappa shape index (κ3) is 2.30. The van der Waals surface area contributed by atoms with Crippen molar-refractivity contribution in [1.29, 1.82) is 0 Å². The molecule has 0 saturated carbocycles. The quantitative estimate of drug-likeness (QED) is 0.332. The summed E-state index contributed by atoms with van der Waals surface area (Å²) in [4.78, 5) is 9.09. The van der Waals surface area contributed by atoms with Gasteiger partial charge in [-0.1, -0.05) is 17.3 Å². The number of pyridine rings is 1. The number of fused-ring (bicyclic) bond motifs is 1. The minimum atomic E-state index is 0.0195. The van der Waals surface area contributed by atoms with E-state index in [2.05, 4.69) is 15.1 Å². The van der Waals surface area contributed by atoms with E-state index < -0.39 is 0 Å². The van der Waals surface area contributed by atoms with Gasteiger partial charge in [-0.05, 0) is 30.0 Å². The predicted molar refractivity (Wildman–Crippen MR) is 74.9 cm³/mol. The van der Waals surface area contributed by atoms with Crippen LogP contribution < -0.4 is 5.73 Å². The van der Waals surface area contributed by atoms with Gasteiger partial charge < -0.3 is 15.4 Å². The SMILES string of the molecule is N/C(=N/O)c1ccncc1Sc1nc2ccccc2o1. The second kappa shape index (κ2) is 5.22. The molecule has 0 amide bonds. The zero-order valence-corrected chi connectivity index (χ0v) is 11.0. The van der Waals surface area contributed by atoms with Crippen LogP contribution in [0.1, 0.15) is 5.56 Å². The Morgan fingerprint density at radius 2 is 2.15 bits per heavy atom. The lowest BCUT2D eigenvalue weighted by Gasteiger charge is -2.03. The summed E-state index contributed by atoms with van der Waals surface area (Å²) in [6.45, 7) is 0. The van der Waals surface area contributed by atoms with Crippen molar-refractivity contribution in [2.75, 3.05) is 0 Å². The molecule has 1 aromatic carbocycles. The third-order valence-corrected chi connectivity index (χ3v) is 3.53. The first-order chi connectivity index (χ1) is 9.78. The standard InChI is InChI=1S/C13H10N4O2S/c14-12(17-18)8-5-6-15-7-11(8)20-13-16-9-3-1-2-4-10(9)19-13/h1-7,18H,(H2,14,17). The van der Waals surface area contributed by atoms with Crippen LogP contribution in [0.15, 0.2) is 62.4 Å². The van der Waals surface area contributed by atoms with Crippen LogP contribution in [0.25, 0.3) is 11.1 Å². The van der Waals surface area contributed by atoms with Gasteiger partial charge in [0, 0.05) is 22.9 Å². The Hall–Kier alpha value is -2.54. The maximum Gasteiger partial charge on any atom is 0.261 e. The molecule has 100 valence electrons. The normalized spacial score (nSPS) is 11.9. The molecule has 7 heteroatoms. The minimum absolute atomic E-state index is 0.0195. The topological polar surface area (TPSA) is 97.5 Å². The fourth-order valence-corrected chi connectivity index (χ4v) is 2.58. The average Bonchev–Trinajstić information content (AvgIpc) is 2.89. The highest BCUT2D eigenvalue weighted by Gasteiger charge is 2.12. The summed E-state index contributed by atoms with van der Waals surface area (Å²) in [5.74, 6) is 0.0195. The highest BCUT2D eigenvalue weighted by atomic mass is 32.2. The highest BCUT2D eigenvalue weighted by molar-refractivity contribution is 7.99. The molecule has 6 nitrogen and oxygen atoms in total. The van der Waals surface area contributed by atoms with Gasteiger partial charge in [-0.25, -0.2) is 4.98 Å². The zero-order chi connectivity index (χ0) is 13.9. The van der Waals surface area contributed by atoms with Crippen molar-refractivity contribution in [2.45, 2.75) is 10.1 Å². The van der Waals surface area contributed by atoms with E-state index in [1.54, 1.807) is 18.5 Å². The first kappa shape index (κ1) is 12.5. The van der Waals surface area contributed by atoms with Crippen molar-refractivity contribution in [3.63, 3.8) is 0 Å². The highest BCUT2D eigenvalue weighted by Crippen LogP contribution is 2.31. The van der Waals surface area contributed by atoms with Crippen molar-refractivity contribution in [3.8, 4) is 0 Å². The lowest BCUT2D eigenvalue weighted by molar-refractivity contribution is 0.318. The zero-order valence-electron chi connectivity index (χ0n) is 10.2. The number of para-hydroxylation sites is 2. The van der Waals surface area contributed by atoms with Gasteiger partial charge in [-0.3, -0.25) is 4.98 Å². The second-order valence-corrected chi connectivity index (χ2v) is 4.90. The number of rotatable bonds is 3. The summed E-state index contributed by atoms with van der Waals surface area (Å²) in [5.41, 5.74) is 7.70. The summed E-state index contributed by atoms with van der Waals surface area (Å²) in [5, 5.41) is 12.3. The van der Waals surface area contributed by atoms with Crippen LogP contribution in [0.5, 0.6) is 0 Å². The van der Waals surface area contributed by atoms with Crippen LogP contribution in [0, 0.1) is 0 Å². The summed E-state index contributed by atoms with van der Waals surface area (Å²) < 4.78 is 5.62. The smallest absolute Gasteiger partial charge is 0.261 e. The number of amidine groups is 1. The number of hydrogen-bond donors (Lipinski definition) is 2. The van der Waals surface area contributed by atoms with E-state index in [-0.39, 0.29) is 5.84 Å². The molecule has 0 atom stereocenters. The molecule has 0 spiro atoms. The average molecular weight is 286 g/mol. The van der Waals surface area contributed by atoms with Gasteiger partial charge in [-0.2, -0.15) is 0 Å². The third-order valence-electron chi connectivity index (χ3n) is 2.64. The Balaban J connectivity index is 1.99. The van der Waals surface area contributed by atoms with Gasteiger partial charge in [0.25, 0.3) is 5.22 Å². The molecule has 0 aliphatic heterocycles. The van der Waals surface area contributed by atoms with E-state index in [4.69, 9.17) is 15.4 Å². The van der Waals surface area contributed by atoms with Crippen LogP contribution in [0.3, 0.4) is 0 Å². The Labute approximate surface area is 118 Å². The van der Waals surface area contributed by atoms with Gasteiger partial charge >= 0.3 is 0 Å². The molecule has 0 aliphatic rings. The van der Waals surface area contributed by atoms with E-state index in [0.29, 0.717) is 21.3 Å². The van der Waals surface area contributed by atoms with Crippen LogP contribution in [-0.2, 0) is 0 Å². The second-order valence-electron chi connectivity index (χ2n) is 3.91. The van der Waals surface area contributed by atoms with E-state index >= 15 is 0 Å². The van der Waals surface area contributed by atoms with Gasteiger partial charge in [-0.15, -0.1) is 0 Å². The molecule has 3 rings (SSSR count). The number of nitrogens with two attached hydrogens (primary N) is 1. The van der Waals surface area contributed by atoms with Crippen LogP contribution in [0.2, 0.25) is 0 Å². The molecule has 2 aromatic heterocycles. The van der Waals surface area contributed by atoms with Crippen LogP contribution >= 0.6 is 11.8 Å². The lowest BCUT2D eigenvalue weighted by atomic mass is 10.2. The predicted octanol–water partition coefficient (Wildman–Crippen LogP) is 2.47. The van der Waals surface area contributed by atoms with Gasteiger partial charge in [0.15, 0.2) is 11.4 Å². The number of benzene rings is 1. The molecule has 0 unspecified atom stereocenters. The molecule has 3 N–H and O–H groups in total. The molecule has 0 fully saturated rings. The number of oxime groups is 1. The Morgan fingerprint density at radius 1 is 1.30 bits per heavy atom. The first-order valence-electron chi connectivity index (χ1n) is 5.73. The first-order valence-corrected chi connectivity index (χ1v) is 6.55. The van der Waals surface area contributed by atoms with E-state index in [1.807, 2.05) is 24.3 Å². The van der Waals surface area contributed by atoms with Crippen LogP contribution in [-0.4, -0.2) is 21.0 Å². The fourth-order valence-electron chi connectivity index (χ4n) is 1.72. The van der Waals surface area contributed by atoms with Crippen molar-refractivity contribution in [2.24, 2.45) is 10.9 Å². The summed E-state index contributed by atoms with van der Waals surface area (Å²) in [6, 6.07) is 9.16. The molecule has 20 heavy (non-hydrogen) atoms. The summed E-state index contributed by atoms with van der Waals surface area (Å²) in [6.07, 6.45) is 3.19. The Kier molecular flexibility index (Phi) is 3.26. The number of aromatic nitrogens is 2. The lowest BCUT2D eigenvalue weighted by Crippen LogP contribution is -2.14. The van der Waals surface area contributed by atoms with E-state index in [9.17, 15) is 0 Å². The number of oxazole rings is 1. The molecule has 3 aromatic rings. The monoisotopic (exact) mass is 286 g/mol. The van der Waals surface area contributed by atoms with Gasteiger partial charge in [0.1, 0.15) is 5.52 Å². The molecular formula is C13H10N4O2S. The number of nitrogens with zero attached hydrogens (tertiary/aromatic N) is 3. The van der Waals surface area contributed by atoms with Crippen molar-refractivity contribution in [3.05, 3.63) is 48.3 Å². The summed E-state index contributed by atoms with van der Waals surface area (Å²) >= 11 is 1.27. The largest absolute Gasteiger partial charge is 0.431 e. The Bertz CT molecular complexity index is 752. The molecule has 0 bridgehead atoms. The van der Waals surface area contributed by atoms with Crippen molar-refractivity contribution >= 4 is 28.7 Å². The molecule has 2 heterocycles. The van der Waals surface area contributed by atoms with Gasteiger partial charge in [0.2, 0.25) is 0 Å². The molecule has 0 aliphatic carbocycles. The minimum Gasteiger partial charge on any atom is -0.431 e. The fraction of sp³-hybridized carbons (Fsp3) is 0. The molecule has 0 saturated heterocycles. The maximum absolute atomic E-state index is 8.79. The molecular weight excluding hydrogens is 276 g/mol. The van der Waals surface area contributed by atoms with E-state index in [1.165, 1.54) is 11.8 Å². The van der Waals surface area contributed by atoms with Gasteiger partial charge in [0.05, 0.1) is 0 Å². The summed E-state index contributed by atoms with van der Waals surface area (Å²) in [7, 11) is 0. The van der Waals surface area contributed by atoms with Crippen LogP contribution in [0.4, 0.5) is 0 Å². The molecule has 0 radical (unpaired) electrons. The maximum atomic E-state index is 8.79. The Morgan fingerprint density at radius 3 is 2.95 bits per heavy atom. The number of hydrogen-bond acceptors (Lipinski definition) is 6. The van der Waals surface area contributed by atoms with E-state index in [0.717, 1.165) is 5.52 Å². The van der Waals surface area contributed by atoms with Crippen molar-refractivity contribution in [1.82, 2.24) is 9.97 Å². The van der Waals surface area contributed by atoms with Crippen molar-refractivity contribution < 1.29 is 9.62 Å².